The Morgan fingerprint density at radius 2 is 1.79 bits per heavy atom. The molecule has 0 spiro atoms. The van der Waals surface area contributed by atoms with Gasteiger partial charge in [-0.3, -0.25) is 4.79 Å². The van der Waals surface area contributed by atoms with Crippen LogP contribution in [-0.4, -0.2) is 39.5 Å². The lowest BCUT2D eigenvalue weighted by Crippen LogP contribution is -2.21. The number of rotatable bonds is 8. The standard InChI is InChI=1S/C22H23ClF3N5OS/c1-4-31(5-2)16-9-6-14(7-10-16)20-28-29-21(30(20)3)33-13-19(32)27-18-11-8-15(23)12-17(18)22(24,25)26/h6-12H,4-5,13H2,1-3H3,(H,27,32). The Balaban J connectivity index is 1.67. The highest BCUT2D eigenvalue weighted by Gasteiger charge is 2.34. The number of hydrogen-bond acceptors (Lipinski definition) is 5. The summed E-state index contributed by atoms with van der Waals surface area (Å²) in [7, 11) is 1.77. The van der Waals surface area contributed by atoms with E-state index in [2.05, 4.69) is 34.3 Å². The smallest absolute Gasteiger partial charge is 0.372 e. The summed E-state index contributed by atoms with van der Waals surface area (Å²) >= 11 is 6.76. The molecule has 0 unspecified atom stereocenters. The van der Waals surface area contributed by atoms with Gasteiger partial charge in [0.2, 0.25) is 5.91 Å². The van der Waals surface area contributed by atoms with E-state index in [1.807, 2.05) is 24.3 Å². The number of nitrogens with zero attached hydrogens (tertiary/aromatic N) is 4. The molecule has 0 bridgehead atoms. The molecule has 0 saturated heterocycles. The van der Waals surface area contributed by atoms with Crippen molar-refractivity contribution in [2.45, 2.75) is 25.2 Å². The van der Waals surface area contributed by atoms with Crippen LogP contribution < -0.4 is 10.2 Å². The van der Waals surface area contributed by atoms with Crippen molar-refractivity contribution < 1.29 is 18.0 Å². The van der Waals surface area contributed by atoms with Crippen LogP contribution in [0.5, 0.6) is 0 Å². The average Bonchev–Trinajstić information content (AvgIpc) is 3.14. The zero-order valence-corrected chi connectivity index (χ0v) is 19.9. The molecular formula is C22H23ClF3N5OS. The fourth-order valence-corrected chi connectivity index (χ4v) is 4.16. The molecule has 1 N–H and O–H groups in total. The van der Waals surface area contributed by atoms with E-state index < -0.39 is 17.6 Å². The van der Waals surface area contributed by atoms with Crippen LogP contribution in [0.1, 0.15) is 19.4 Å². The number of aromatic nitrogens is 3. The van der Waals surface area contributed by atoms with Gasteiger partial charge in [-0.25, -0.2) is 0 Å². The minimum Gasteiger partial charge on any atom is -0.372 e. The fourth-order valence-electron chi connectivity index (χ4n) is 3.28. The third-order valence-electron chi connectivity index (χ3n) is 4.98. The van der Waals surface area contributed by atoms with Crippen molar-refractivity contribution in [2.75, 3.05) is 29.1 Å². The van der Waals surface area contributed by atoms with Gasteiger partial charge >= 0.3 is 6.18 Å². The Morgan fingerprint density at radius 3 is 2.39 bits per heavy atom. The van der Waals surface area contributed by atoms with E-state index in [1.54, 1.807) is 11.6 Å². The van der Waals surface area contributed by atoms with Crippen molar-refractivity contribution >= 4 is 40.6 Å². The minimum absolute atomic E-state index is 0.0635. The highest BCUT2D eigenvalue weighted by Crippen LogP contribution is 2.36. The normalized spacial score (nSPS) is 11.5. The zero-order chi connectivity index (χ0) is 24.2. The van der Waals surface area contributed by atoms with Crippen LogP contribution in [0.2, 0.25) is 5.02 Å². The predicted molar refractivity (Wildman–Crippen MR) is 126 cm³/mol. The summed E-state index contributed by atoms with van der Waals surface area (Å²) in [5, 5.41) is 11.0. The van der Waals surface area contributed by atoms with Gasteiger partial charge in [0.25, 0.3) is 0 Å². The number of thioether (sulfide) groups is 1. The molecule has 0 aliphatic carbocycles. The number of halogens is 4. The Hall–Kier alpha value is -2.72. The van der Waals surface area contributed by atoms with Crippen LogP contribution >= 0.6 is 23.4 Å². The van der Waals surface area contributed by atoms with Crippen LogP contribution in [0.4, 0.5) is 24.5 Å². The van der Waals surface area contributed by atoms with Crippen LogP contribution in [0, 0.1) is 0 Å². The molecule has 33 heavy (non-hydrogen) atoms. The molecule has 3 rings (SSSR count). The number of amides is 1. The van der Waals surface area contributed by atoms with Gasteiger partial charge in [-0.2, -0.15) is 13.2 Å². The second-order valence-corrected chi connectivity index (χ2v) is 8.49. The molecular weight excluding hydrogens is 475 g/mol. The lowest BCUT2D eigenvalue weighted by Gasteiger charge is -2.21. The van der Waals surface area contributed by atoms with Crippen LogP contribution in [0.15, 0.2) is 47.6 Å². The van der Waals surface area contributed by atoms with Gasteiger partial charge in [-0.05, 0) is 56.3 Å². The molecule has 11 heteroatoms. The van der Waals surface area contributed by atoms with Crippen molar-refractivity contribution in [3.8, 4) is 11.4 Å². The maximum absolute atomic E-state index is 13.2. The molecule has 1 heterocycles. The van der Waals surface area contributed by atoms with Gasteiger partial charge in [0.15, 0.2) is 11.0 Å². The lowest BCUT2D eigenvalue weighted by molar-refractivity contribution is -0.137. The second kappa shape index (κ2) is 10.5. The molecule has 1 aromatic heterocycles. The summed E-state index contributed by atoms with van der Waals surface area (Å²) in [5.74, 6) is -0.103. The fraction of sp³-hybridized carbons (Fsp3) is 0.318. The molecule has 1 amide bonds. The molecule has 0 aliphatic rings. The average molecular weight is 498 g/mol. The molecule has 3 aromatic rings. The van der Waals surface area contributed by atoms with Crippen molar-refractivity contribution in [1.29, 1.82) is 0 Å². The number of carbonyl (C=O) groups excluding carboxylic acids is 1. The zero-order valence-electron chi connectivity index (χ0n) is 18.3. The SMILES string of the molecule is CCN(CC)c1ccc(-c2nnc(SCC(=O)Nc3ccc(Cl)cc3C(F)(F)F)n2C)cc1. The molecule has 0 radical (unpaired) electrons. The molecule has 0 fully saturated rings. The van der Waals surface area contributed by atoms with Gasteiger partial charge in [-0.1, -0.05) is 23.4 Å². The molecule has 0 atom stereocenters. The number of benzene rings is 2. The quantitative estimate of drug-likeness (QED) is 0.403. The Labute approximate surface area is 199 Å². The molecule has 0 aliphatic heterocycles. The van der Waals surface area contributed by atoms with E-state index in [9.17, 15) is 18.0 Å². The summed E-state index contributed by atoms with van der Waals surface area (Å²) in [6, 6.07) is 11.2. The summed E-state index contributed by atoms with van der Waals surface area (Å²) < 4.78 is 41.4. The minimum atomic E-state index is -4.64. The lowest BCUT2D eigenvalue weighted by atomic mass is 10.1. The first-order chi connectivity index (χ1) is 15.6. The molecule has 6 nitrogen and oxygen atoms in total. The van der Waals surface area contributed by atoms with E-state index in [0.29, 0.717) is 11.0 Å². The summed E-state index contributed by atoms with van der Waals surface area (Å²) in [5.41, 5.74) is 0.637. The van der Waals surface area contributed by atoms with E-state index in [4.69, 9.17) is 11.6 Å². The first-order valence-corrected chi connectivity index (χ1v) is 11.5. The number of nitrogens with one attached hydrogen (secondary N) is 1. The van der Waals surface area contributed by atoms with Gasteiger partial charge in [0.1, 0.15) is 0 Å². The van der Waals surface area contributed by atoms with Gasteiger partial charge < -0.3 is 14.8 Å². The number of alkyl halides is 3. The largest absolute Gasteiger partial charge is 0.418 e. The highest BCUT2D eigenvalue weighted by atomic mass is 35.5. The number of carbonyl (C=O) groups is 1. The summed E-state index contributed by atoms with van der Waals surface area (Å²) in [6.45, 7) is 6.00. The third kappa shape index (κ3) is 6.00. The van der Waals surface area contributed by atoms with E-state index in [1.165, 1.54) is 6.07 Å². The van der Waals surface area contributed by atoms with Crippen LogP contribution in [-0.2, 0) is 18.0 Å². The maximum atomic E-state index is 13.2. The van der Waals surface area contributed by atoms with Crippen molar-refractivity contribution in [3.63, 3.8) is 0 Å². The van der Waals surface area contributed by atoms with Crippen molar-refractivity contribution in [1.82, 2.24) is 14.8 Å². The Kier molecular flexibility index (Phi) is 7.91. The van der Waals surface area contributed by atoms with Crippen molar-refractivity contribution in [3.05, 3.63) is 53.1 Å². The number of anilines is 2. The number of hydrogen-bond donors (Lipinski definition) is 1. The van der Waals surface area contributed by atoms with E-state index in [0.717, 1.165) is 48.2 Å². The van der Waals surface area contributed by atoms with E-state index in [-0.39, 0.29) is 16.5 Å². The third-order valence-corrected chi connectivity index (χ3v) is 6.24. The van der Waals surface area contributed by atoms with Crippen LogP contribution in [0.3, 0.4) is 0 Å². The topological polar surface area (TPSA) is 63.1 Å². The maximum Gasteiger partial charge on any atom is 0.418 e. The Bertz CT molecular complexity index is 1110. The van der Waals surface area contributed by atoms with Gasteiger partial charge in [0, 0.05) is 36.4 Å². The first-order valence-electron chi connectivity index (χ1n) is 10.2. The first kappa shape index (κ1) is 24.9. The monoisotopic (exact) mass is 497 g/mol. The van der Waals surface area contributed by atoms with Gasteiger partial charge in [-0.15, -0.1) is 10.2 Å². The van der Waals surface area contributed by atoms with Crippen molar-refractivity contribution in [2.24, 2.45) is 7.05 Å². The van der Waals surface area contributed by atoms with Crippen LogP contribution in [0.25, 0.3) is 11.4 Å². The molecule has 0 saturated carbocycles. The highest BCUT2D eigenvalue weighted by molar-refractivity contribution is 7.99. The van der Waals surface area contributed by atoms with E-state index >= 15 is 0 Å². The summed E-state index contributed by atoms with van der Waals surface area (Å²) in [6.07, 6.45) is -4.64. The molecule has 2 aromatic carbocycles. The predicted octanol–water partition coefficient (Wildman–Crippen LogP) is 5.73. The van der Waals surface area contributed by atoms with Gasteiger partial charge in [0.05, 0.1) is 17.0 Å². The molecule has 176 valence electrons. The second-order valence-electron chi connectivity index (χ2n) is 7.11. The Morgan fingerprint density at radius 1 is 1.12 bits per heavy atom. The summed E-state index contributed by atoms with van der Waals surface area (Å²) in [4.78, 5) is 14.5.